The molecule has 0 bridgehead atoms. The van der Waals surface area contributed by atoms with Crippen LogP contribution in [0.5, 0.6) is 11.5 Å². The first kappa shape index (κ1) is 23.2. The molecule has 5 aromatic rings. The molecule has 0 saturated heterocycles. The quantitative estimate of drug-likeness (QED) is 0.244. The number of nitrogens with one attached hydrogen (secondary N) is 1. The van der Waals surface area contributed by atoms with Crippen molar-refractivity contribution in [3.05, 3.63) is 96.8 Å². The number of allylic oxidation sites excluding steroid dienone is 1. The highest BCUT2D eigenvalue weighted by molar-refractivity contribution is 6.09. The minimum atomic E-state index is -0.202. The highest BCUT2D eigenvalue weighted by atomic mass is 16.5. The summed E-state index contributed by atoms with van der Waals surface area (Å²) in [7, 11) is 1.65. The Balaban J connectivity index is 1.52. The third-order valence-electron chi connectivity index (χ3n) is 6.18. The maximum atomic E-state index is 13.0. The molecule has 0 aliphatic carbocycles. The highest BCUT2D eigenvalue weighted by Gasteiger charge is 2.16. The van der Waals surface area contributed by atoms with Gasteiger partial charge in [0.05, 0.1) is 20.0 Å². The molecular formula is C31H27NO4. The molecule has 0 spiro atoms. The molecule has 5 nitrogen and oxygen atoms in total. The molecule has 0 aliphatic heterocycles. The summed E-state index contributed by atoms with van der Waals surface area (Å²) in [5.41, 5.74) is 5.05. The molecule has 36 heavy (non-hydrogen) atoms. The zero-order valence-corrected chi connectivity index (χ0v) is 20.5. The lowest BCUT2D eigenvalue weighted by molar-refractivity contribution is -0.111. The minimum Gasteiger partial charge on any atom is -0.497 e. The molecule has 0 aliphatic rings. The average molecular weight is 478 g/mol. The van der Waals surface area contributed by atoms with E-state index in [1.807, 2.05) is 92.7 Å². The van der Waals surface area contributed by atoms with Crippen LogP contribution in [-0.2, 0) is 4.79 Å². The summed E-state index contributed by atoms with van der Waals surface area (Å²) < 4.78 is 17.2. The van der Waals surface area contributed by atoms with E-state index in [1.165, 1.54) is 0 Å². The van der Waals surface area contributed by atoms with Crippen molar-refractivity contribution in [1.29, 1.82) is 0 Å². The second-order valence-corrected chi connectivity index (χ2v) is 8.50. The SMILES string of the molecule is CCOc1cc2occ(-c3cccc(OC)c3)c2cc1/C(C)=C/C(=O)Nc1cccc2ccccc12. The van der Waals surface area contributed by atoms with Gasteiger partial charge in [-0.15, -0.1) is 0 Å². The van der Waals surface area contributed by atoms with E-state index in [0.29, 0.717) is 17.9 Å². The van der Waals surface area contributed by atoms with Gasteiger partial charge in [0.25, 0.3) is 0 Å². The van der Waals surface area contributed by atoms with Gasteiger partial charge in [-0.05, 0) is 54.6 Å². The van der Waals surface area contributed by atoms with Gasteiger partial charge < -0.3 is 19.2 Å². The monoisotopic (exact) mass is 477 g/mol. The number of benzene rings is 4. The first-order chi connectivity index (χ1) is 17.6. The van der Waals surface area contributed by atoms with Gasteiger partial charge in [0.15, 0.2) is 0 Å². The summed E-state index contributed by atoms with van der Waals surface area (Å²) in [6, 6.07) is 25.6. The number of carbonyl (C=O) groups is 1. The fourth-order valence-corrected chi connectivity index (χ4v) is 4.43. The molecule has 180 valence electrons. The van der Waals surface area contributed by atoms with Gasteiger partial charge in [-0.1, -0.05) is 48.5 Å². The first-order valence-corrected chi connectivity index (χ1v) is 11.9. The summed E-state index contributed by atoms with van der Waals surface area (Å²) in [4.78, 5) is 13.0. The van der Waals surface area contributed by atoms with Gasteiger partial charge in [-0.3, -0.25) is 4.79 Å². The Hall–Kier alpha value is -4.51. The highest BCUT2D eigenvalue weighted by Crippen LogP contribution is 2.38. The topological polar surface area (TPSA) is 60.7 Å². The third-order valence-corrected chi connectivity index (χ3v) is 6.18. The Morgan fingerprint density at radius 2 is 1.78 bits per heavy atom. The molecule has 5 heteroatoms. The van der Waals surface area contributed by atoms with Gasteiger partial charge in [0.2, 0.25) is 5.91 Å². The van der Waals surface area contributed by atoms with Crippen molar-refractivity contribution in [1.82, 2.24) is 0 Å². The number of amides is 1. The normalized spacial score (nSPS) is 11.6. The number of fused-ring (bicyclic) bond motifs is 2. The molecule has 1 heterocycles. The number of anilines is 1. The van der Waals surface area contributed by atoms with Crippen LogP contribution in [0.2, 0.25) is 0 Å². The van der Waals surface area contributed by atoms with E-state index in [-0.39, 0.29) is 5.91 Å². The summed E-state index contributed by atoms with van der Waals surface area (Å²) in [6.07, 6.45) is 3.35. The molecule has 0 fully saturated rings. The van der Waals surface area contributed by atoms with Crippen molar-refractivity contribution < 1.29 is 18.7 Å². The second-order valence-electron chi connectivity index (χ2n) is 8.50. The van der Waals surface area contributed by atoms with E-state index >= 15 is 0 Å². The van der Waals surface area contributed by atoms with Crippen LogP contribution in [0.3, 0.4) is 0 Å². The maximum Gasteiger partial charge on any atom is 0.248 e. The number of methoxy groups -OCH3 is 1. The van der Waals surface area contributed by atoms with Gasteiger partial charge in [0.1, 0.15) is 17.1 Å². The second kappa shape index (κ2) is 10.0. The number of carbonyl (C=O) groups excluding carboxylic acids is 1. The van der Waals surface area contributed by atoms with Crippen molar-refractivity contribution in [3.63, 3.8) is 0 Å². The van der Waals surface area contributed by atoms with Crippen LogP contribution in [0.25, 0.3) is 38.4 Å². The molecule has 0 atom stereocenters. The van der Waals surface area contributed by atoms with Crippen molar-refractivity contribution in [2.75, 3.05) is 19.0 Å². The standard InChI is InChI=1S/C31H27NO4/c1-4-35-29-18-30-26(27(19-36-30)22-11-7-12-23(16-22)34-3)17-25(29)20(2)15-31(33)32-28-14-8-10-21-9-5-6-13-24(21)28/h5-19H,4H2,1-3H3,(H,32,33)/b20-15+. The van der Waals surface area contributed by atoms with Crippen LogP contribution in [-0.4, -0.2) is 19.6 Å². The van der Waals surface area contributed by atoms with E-state index in [1.54, 1.807) is 19.4 Å². The molecule has 0 saturated carbocycles. The van der Waals surface area contributed by atoms with E-state index in [2.05, 4.69) is 5.32 Å². The fraction of sp³-hybridized carbons (Fsp3) is 0.129. The lowest BCUT2D eigenvalue weighted by Gasteiger charge is -2.12. The van der Waals surface area contributed by atoms with Crippen LogP contribution < -0.4 is 14.8 Å². The molecule has 1 N–H and O–H groups in total. The molecular weight excluding hydrogens is 450 g/mol. The Morgan fingerprint density at radius 1 is 0.972 bits per heavy atom. The fourth-order valence-electron chi connectivity index (χ4n) is 4.43. The van der Waals surface area contributed by atoms with E-state index in [4.69, 9.17) is 13.9 Å². The summed E-state index contributed by atoms with van der Waals surface area (Å²) >= 11 is 0. The van der Waals surface area contributed by atoms with Crippen LogP contribution in [0.1, 0.15) is 19.4 Å². The summed E-state index contributed by atoms with van der Waals surface area (Å²) in [6.45, 7) is 4.35. The van der Waals surface area contributed by atoms with Crippen molar-refractivity contribution in [2.24, 2.45) is 0 Å². The van der Waals surface area contributed by atoms with Crippen LogP contribution in [0.15, 0.2) is 95.6 Å². The molecule has 5 rings (SSSR count). The first-order valence-electron chi connectivity index (χ1n) is 11.9. The zero-order valence-electron chi connectivity index (χ0n) is 20.5. The smallest absolute Gasteiger partial charge is 0.248 e. The average Bonchev–Trinajstić information content (AvgIpc) is 3.31. The molecule has 4 aromatic carbocycles. The Labute approximate surface area is 210 Å². The Morgan fingerprint density at radius 3 is 2.61 bits per heavy atom. The number of ether oxygens (including phenoxy) is 2. The minimum absolute atomic E-state index is 0.202. The van der Waals surface area contributed by atoms with E-state index in [0.717, 1.165) is 49.9 Å². The molecule has 0 unspecified atom stereocenters. The Kier molecular flexibility index (Phi) is 6.46. The molecule has 0 radical (unpaired) electrons. The van der Waals surface area contributed by atoms with Gasteiger partial charge in [-0.2, -0.15) is 0 Å². The lowest BCUT2D eigenvalue weighted by atomic mass is 9.99. The van der Waals surface area contributed by atoms with E-state index < -0.39 is 0 Å². The van der Waals surface area contributed by atoms with Crippen LogP contribution >= 0.6 is 0 Å². The van der Waals surface area contributed by atoms with Gasteiger partial charge >= 0.3 is 0 Å². The van der Waals surface area contributed by atoms with Crippen LogP contribution in [0, 0.1) is 0 Å². The predicted molar refractivity (Wildman–Crippen MR) is 146 cm³/mol. The number of furan rings is 1. The third kappa shape index (κ3) is 4.56. The largest absolute Gasteiger partial charge is 0.497 e. The molecule has 1 aromatic heterocycles. The van der Waals surface area contributed by atoms with Crippen molar-refractivity contribution in [3.8, 4) is 22.6 Å². The van der Waals surface area contributed by atoms with Crippen molar-refractivity contribution in [2.45, 2.75) is 13.8 Å². The zero-order chi connectivity index (χ0) is 25.1. The van der Waals surface area contributed by atoms with Gasteiger partial charge in [-0.25, -0.2) is 0 Å². The number of hydrogen-bond acceptors (Lipinski definition) is 4. The summed E-state index contributed by atoms with van der Waals surface area (Å²) in [5.74, 6) is 1.24. The summed E-state index contributed by atoms with van der Waals surface area (Å²) in [5, 5.41) is 6.04. The van der Waals surface area contributed by atoms with E-state index in [9.17, 15) is 4.79 Å². The maximum absolute atomic E-state index is 13.0. The predicted octanol–water partition coefficient (Wildman–Crippen LogP) is 7.70. The Bertz CT molecular complexity index is 1590. The number of rotatable bonds is 7. The molecule has 1 amide bonds. The lowest BCUT2D eigenvalue weighted by Crippen LogP contribution is -2.09. The van der Waals surface area contributed by atoms with Gasteiger partial charge in [0, 0.05) is 39.7 Å². The van der Waals surface area contributed by atoms with Crippen LogP contribution in [0.4, 0.5) is 5.69 Å². The van der Waals surface area contributed by atoms with Crippen molar-refractivity contribution >= 4 is 38.9 Å². The number of hydrogen-bond donors (Lipinski definition) is 1.